The van der Waals surface area contributed by atoms with E-state index in [-0.39, 0.29) is 17.9 Å². The minimum atomic E-state index is -0.851. The third-order valence-corrected chi connectivity index (χ3v) is 3.91. The van der Waals surface area contributed by atoms with E-state index in [4.69, 9.17) is 4.74 Å². The molecule has 0 saturated heterocycles. The first-order valence-electron chi connectivity index (χ1n) is 7.36. The molecule has 1 N–H and O–H groups in total. The first-order chi connectivity index (χ1) is 11.5. The number of esters is 1. The van der Waals surface area contributed by atoms with Gasteiger partial charge in [-0.25, -0.2) is 4.39 Å². The van der Waals surface area contributed by atoms with Crippen molar-refractivity contribution in [3.63, 3.8) is 0 Å². The van der Waals surface area contributed by atoms with Crippen molar-refractivity contribution in [1.29, 1.82) is 0 Å². The number of Topliss-reactive ketones (excluding diaryl/α,β-unsaturated/α-hetero) is 1. The van der Waals surface area contributed by atoms with Crippen LogP contribution >= 0.6 is 0 Å². The standard InChI is InChI=1S/C17H15FN2O4/c1-20-6-2-3-14(20)15(21)9-24-17(23)12-8-16(22)19-13-7-10(18)4-5-11(12)13/h2-7,12H,8-9H2,1H3,(H,19,22)/t12-/m1/s1. The number of ketones is 1. The zero-order chi connectivity index (χ0) is 17.3. The van der Waals surface area contributed by atoms with Crippen LogP contribution in [0, 0.1) is 5.82 Å². The van der Waals surface area contributed by atoms with Crippen molar-refractivity contribution in [3.05, 3.63) is 53.6 Å². The Morgan fingerprint density at radius 2 is 2.17 bits per heavy atom. The van der Waals surface area contributed by atoms with Gasteiger partial charge in [-0.2, -0.15) is 0 Å². The van der Waals surface area contributed by atoms with Crippen LogP contribution in [-0.4, -0.2) is 28.8 Å². The third kappa shape index (κ3) is 3.05. The summed E-state index contributed by atoms with van der Waals surface area (Å²) in [4.78, 5) is 36.0. The monoisotopic (exact) mass is 330 g/mol. The van der Waals surface area contributed by atoms with Gasteiger partial charge in [-0.1, -0.05) is 6.07 Å². The van der Waals surface area contributed by atoms with Gasteiger partial charge >= 0.3 is 5.97 Å². The molecule has 0 saturated carbocycles. The fourth-order valence-electron chi connectivity index (χ4n) is 2.71. The molecule has 7 heteroatoms. The predicted octanol–water partition coefficient (Wildman–Crippen LogP) is 2.02. The number of halogens is 1. The number of amides is 1. The summed E-state index contributed by atoms with van der Waals surface area (Å²) in [5.74, 6) is -2.78. The molecule has 1 amide bonds. The second kappa shape index (κ2) is 6.27. The molecule has 0 unspecified atom stereocenters. The van der Waals surface area contributed by atoms with Crippen LogP contribution in [0.2, 0.25) is 0 Å². The van der Waals surface area contributed by atoms with Crippen LogP contribution in [0.15, 0.2) is 36.5 Å². The SMILES string of the molecule is Cn1cccc1C(=O)COC(=O)[C@@H]1CC(=O)Nc2cc(F)ccc21. The Morgan fingerprint density at radius 1 is 1.38 bits per heavy atom. The molecule has 124 valence electrons. The number of fused-ring (bicyclic) bond motifs is 1. The molecule has 1 atom stereocenters. The van der Waals surface area contributed by atoms with E-state index in [0.29, 0.717) is 11.3 Å². The lowest BCUT2D eigenvalue weighted by atomic mass is 9.90. The topological polar surface area (TPSA) is 77.4 Å². The van der Waals surface area contributed by atoms with Crippen LogP contribution in [-0.2, 0) is 21.4 Å². The second-order valence-corrected chi connectivity index (χ2v) is 5.57. The number of aromatic nitrogens is 1. The number of hydrogen-bond acceptors (Lipinski definition) is 4. The molecule has 24 heavy (non-hydrogen) atoms. The van der Waals surface area contributed by atoms with Gasteiger partial charge in [0.2, 0.25) is 11.7 Å². The van der Waals surface area contributed by atoms with Crippen LogP contribution in [0.25, 0.3) is 0 Å². The van der Waals surface area contributed by atoms with E-state index >= 15 is 0 Å². The van der Waals surface area contributed by atoms with E-state index in [1.807, 2.05) is 0 Å². The van der Waals surface area contributed by atoms with E-state index in [2.05, 4.69) is 5.32 Å². The van der Waals surface area contributed by atoms with Gasteiger partial charge in [-0.05, 0) is 29.8 Å². The molecular formula is C17H15FN2O4. The summed E-state index contributed by atoms with van der Waals surface area (Å²) in [6, 6.07) is 7.15. The number of nitrogens with one attached hydrogen (secondary N) is 1. The maximum absolute atomic E-state index is 13.3. The maximum atomic E-state index is 13.3. The van der Waals surface area contributed by atoms with Gasteiger partial charge in [0.15, 0.2) is 6.61 Å². The van der Waals surface area contributed by atoms with Crippen molar-refractivity contribution >= 4 is 23.3 Å². The number of ether oxygens (including phenoxy) is 1. The number of carbonyl (C=O) groups is 3. The first-order valence-corrected chi connectivity index (χ1v) is 7.36. The Morgan fingerprint density at radius 3 is 2.88 bits per heavy atom. The lowest BCUT2D eigenvalue weighted by Gasteiger charge is -2.24. The van der Waals surface area contributed by atoms with Gasteiger partial charge in [-0.3, -0.25) is 14.4 Å². The van der Waals surface area contributed by atoms with E-state index in [1.165, 1.54) is 12.1 Å². The zero-order valence-electron chi connectivity index (χ0n) is 12.9. The summed E-state index contributed by atoms with van der Waals surface area (Å²) in [6.07, 6.45) is 1.61. The number of hydrogen-bond donors (Lipinski definition) is 1. The number of aryl methyl sites for hydroxylation is 1. The van der Waals surface area contributed by atoms with E-state index in [1.54, 1.807) is 29.9 Å². The Hall–Kier alpha value is -2.96. The molecule has 0 aliphatic carbocycles. The molecule has 3 rings (SSSR count). The van der Waals surface area contributed by atoms with Crippen LogP contribution < -0.4 is 5.32 Å². The van der Waals surface area contributed by atoms with Crippen LogP contribution in [0.1, 0.15) is 28.4 Å². The molecule has 0 fully saturated rings. The highest BCUT2D eigenvalue weighted by atomic mass is 19.1. The summed E-state index contributed by atoms with van der Waals surface area (Å²) in [7, 11) is 1.71. The van der Waals surface area contributed by atoms with Gasteiger partial charge in [0, 0.05) is 25.4 Å². The Balaban J connectivity index is 1.73. The molecule has 6 nitrogen and oxygen atoms in total. The molecule has 0 bridgehead atoms. The van der Waals surface area contributed by atoms with Crippen LogP contribution in [0.3, 0.4) is 0 Å². The van der Waals surface area contributed by atoms with E-state index in [0.717, 1.165) is 6.07 Å². The number of benzene rings is 1. The molecule has 2 heterocycles. The Labute approximate surface area is 137 Å². The predicted molar refractivity (Wildman–Crippen MR) is 83.1 cm³/mol. The van der Waals surface area contributed by atoms with Crippen molar-refractivity contribution < 1.29 is 23.5 Å². The summed E-state index contributed by atoms with van der Waals surface area (Å²) < 4.78 is 20.0. The minimum Gasteiger partial charge on any atom is -0.457 e. The van der Waals surface area contributed by atoms with Crippen molar-refractivity contribution in [2.24, 2.45) is 7.05 Å². The molecule has 1 aliphatic rings. The highest BCUT2D eigenvalue weighted by Gasteiger charge is 2.32. The molecule has 1 aromatic carbocycles. The van der Waals surface area contributed by atoms with Crippen LogP contribution in [0.5, 0.6) is 0 Å². The fourth-order valence-corrected chi connectivity index (χ4v) is 2.71. The Kier molecular flexibility index (Phi) is 4.16. The first kappa shape index (κ1) is 15.9. The second-order valence-electron chi connectivity index (χ2n) is 5.57. The third-order valence-electron chi connectivity index (χ3n) is 3.91. The van der Waals surface area contributed by atoms with E-state index in [9.17, 15) is 18.8 Å². The lowest BCUT2D eigenvalue weighted by molar-refractivity contribution is -0.145. The van der Waals surface area contributed by atoms with Crippen molar-refractivity contribution in [1.82, 2.24) is 4.57 Å². The lowest BCUT2D eigenvalue weighted by Crippen LogP contribution is -2.29. The summed E-state index contributed by atoms with van der Waals surface area (Å²) >= 11 is 0. The molecule has 0 radical (unpaired) electrons. The van der Waals surface area contributed by atoms with Gasteiger partial charge in [-0.15, -0.1) is 0 Å². The quantitative estimate of drug-likeness (QED) is 0.687. The van der Waals surface area contributed by atoms with Crippen LogP contribution in [0.4, 0.5) is 10.1 Å². The normalized spacial score (nSPS) is 16.2. The number of rotatable bonds is 4. The largest absolute Gasteiger partial charge is 0.457 e. The van der Waals surface area contributed by atoms with Gasteiger partial charge in [0.1, 0.15) is 5.82 Å². The molecule has 1 aromatic heterocycles. The smallest absolute Gasteiger partial charge is 0.314 e. The number of nitrogens with zero attached hydrogens (tertiary/aromatic N) is 1. The molecule has 1 aliphatic heterocycles. The van der Waals surface area contributed by atoms with Crippen molar-refractivity contribution in [3.8, 4) is 0 Å². The summed E-state index contributed by atoms with van der Waals surface area (Å²) in [6.45, 7) is -0.411. The molecule has 2 aromatic rings. The van der Waals surface area contributed by atoms with Gasteiger partial charge in [0.05, 0.1) is 11.6 Å². The number of carbonyl (C=O) groups excluding carboxylic acids is 3. The molecular weight excluding hydrogens is 315 g/mol. The maximum Gasteiger partial charge on any atom is 0.314 e. The number of anilines is 1. The summed E-state index contributed by atoms with van der Waals surface area (Å²) in [5, 5.41) is 2.52. The fraction of sp³-hybridized carbons (Fsp3) is 0.235. The average molecular weight is 330 g/mol. The van der Waals surface area contributed by atoms with E-state index < -0.39 is 30.2 Å². The minimum absolute atomic E-state index is 0.101. The van der Waals surface area contributed by atoms with Crippen molar-refractivity contribution in [2.75, 3.05) is 11.9 Å². The highest BCUT2D eigenvalue weighted by Crippen LogP contribution is 2.33. The van der Waals surface area contributed by atoms with Gasteiger partial charge in [0.25, 0.3) is 0 Å². The van der Waals surface area contributed by atoms with Crippen molar-refractivity contribution in [2.45, 2.75) is 12.3 Å². The molecule has 0 spiro atoms. The average Bonchev–Trinajstić information content (AvgIpc) is 2.97. The van der Waals surface area contributed by atoms with Gasteiger partial charge < -0.3 is 14.6 Å². The Bertz CT molecular complexity index is 828. The summed E-state index contributed by atoms with van der Waals surface area (Å²) in [5.41, 5.74) is 1.15. The highest BCUT2D eigenvalue weighted by molar-refractivity contribution is 6.01. The zero-order valence-corrected chi connectivity index (χ0v) is 12.9.